The zero-order valence-electron chi connectivity index (χ0n) is 15.7. The molecule has 0 aliphatic carbocycles. The SMILES string of the molecule is CCOC(=O)C1=C(C)N=c2s/c(=C/c3ccco3)c(=O)n2C1c1ccccc1Cl. The molecule has 29 heavy (non-hydrogen) atoms. The molecule has 0 N–H and O–H groups in total. The summed E-state index contributed by atoms with van der Waals surface area (Å²) in [4.78, 5) is 31.1. The number of carbonyl (C=O) groups is 1. The number of carbonyl (C=O) groups excluding carboxylic acids is 1. The van der Waals surface area contributed by atoms with E-state index in [1.54, 1.807) is 56.5 Å². The fourth-order valence-corrected chi connectivity index (χ4v) is 4.55. The van der Waals surface area contributed by atoms with Gasteiger partial charge in [0.15, 0.2) is 4.80 Å². The van der Waals surface area contributed by atoms with E-state index in [2.05, 4.69) is 4.99 Å². The van der Waals surface area contributed by atoms with Crippen LogP contribution in [0.3, 0.4) is 0 Å². The van der Waals surface area contributed by atoms with Gasteiger partial charge >= 0.3 is 5.97 Å². The van der Waals surface area contributed by atoms with Gasteiger partial charge in [-0.05, 0) is 37.6 Å². The lowest BCUT2D eigenvalue weighted by Gasteiger charge is -2.25. The van der Waals surface area contributed by atoms with E-state index < -0.39 is 12.0 Å². The summed E-state index contributed by atoms with van der Waals surface area (Å²) < 4.78 is 12.5. The normalized spacial score (nSPS) is 16.5. The second-order valence-corrected chi connectivity index (χ2v) is 7.76. The lowest BCUT2D eigenvalue weighted by atomic mass is 9.96. The lowest BCUT2D eigenvalue weighted by Crippen LogP contribution is -2.40. The van der Waals surface area contributed by atoms with Crippen molar-refractivity contribution < 1.29 is 13.9 Å². The molecule has 1 aliphatic rings. The zero-order valence-corrected chi connectivity index (χ0v) is 17.3. The van der Waals surface area contributed by atoms with Crippen molar-refractivity contribution in [2.75, 3.05) is 6.61 Å². The van der Waals surface area contributed by atoms with Gasteiger partial charge in [0.1, 0.15) is 11.8 Å². The molecular weight excluding hydrogens is 412 g/mol. The highest BCUT2D eigenvalue weighted by Crippen LogP contribution is 2.34. The average molecular weight is 429 g/mol. The first kappa shape index (κ1) is 19.4. The Labute approximate surface area is 175 Å². The van der Waals surface area contributed by atoms with Gasteiger partial charge < -0.3 is 9.15 Å². The molecule has 0 radical (unpaired) electrons. The minimum atomic E-state index is -0.724. The fourth-order valence-electron chi connectivity index (χ4n) is 3.29. The minimum absolute atomic E-state index is 0.216. The number of benzene rings is 1. The number of ether oxygens (including phenoxy) is 1. The molecule has 148 valence electrons. The first-order valence-electron chi connectivity index (χ1n) is 8.99. The van der Waals surface area contributed by atoms with Crippen molar-refractivity contribution in [3.63, 3.8) is 0 Å². The van der Waals surface area contributed by atoms with E-state index in [0.717, 1.165) is 0 Å². The molecule has 4 rings (SSSR count). The van der Waals surface area contributed by atoms with Gasteiger partial charge in [-0.15, -0.1) is 0 Å². The van der Waals surface area contributed by atoms with Gasteiger partial charge in [0.25, 0.3) is 5.56 Å². The summed E-state index contributed by atoms with van der Waals surface area (Å²) in [7, 11) is 0. The number of furan rings is 1. The van der Waals surface area contributed by atoms with Gasteiger partial charge in [0.2, 0.25) is 0 Å². The number of halogens is 1. The van der Waals surface area contributed by atoms with Gasteiger partial charge in [-0.25, -0.2) is 9.79 Å². The fraction of sp³-hybridized carbons (Fsp3) is 0.190. The van der Waals surface area contributed by atoms with Gasteiger partial charge in [0, 0.05) is 11.1 Å². The largest absolute Gasteiger partial charge is 0.465 e. The predicted octanol–water partition coefficient (Wildman–Crippen LogP) is 3.04. The topological polar surface area (TPSA) is 73.8 Å². The number of rotatable bonds is 4. The van der Waals surface area contributed by atoms with Crippen LogP contribution in [0.25, 0.3) is 6.08 Å². The van der Waals surface area contributed by atoms with Crippen LogP contribution in [0.5, 0.6) is 0 Å². The molecule has 0 fully saturated rings. The third-order valence-corrected chi connectivity index (χ3v) is 5.86. The molecular formula is C21H17ClN2O4S. The van der Waals surface area contributed by atoms with Crippen LogP contribution in [0.15, 0.2) is 68.1 Å². The summed E-state index contributed by atoms with van der Waals surface area (Å²) in [6.07, 6.45) is 3.20. The number of nitrogens with zero attached hydrogens (tertiary/aromatic N) is 2. The second kappa shape index (κ2) is 7.85. The summed E-state index contributed by atoms with van der Waals surface area (Å²) in [5, 5.41) is 0.453. The highest BCUT2D eigenvalue weighted by molar-refractivity contribution is 7.07. The molecule has 0 spiro atoms. The quantitative estimate of drug-likeness (QED) is 0.599. The smallest absolute Gasteiger partial charge is 0.338 e. The Hall–Kier alpha value is -2.90. The molecule has 1 unspecified atom stereocenters. The highest BCUT2D eigenvalue weighted by atomic mass is 35.5. The van der Waals surface area contributed by atoms with Crippen molar-refractivity contribution >= 4 is 35.0 Å². The zero-order chi connectivity index (χ0) is 20.5. The van der Waals surface area contributed by atoms with E-state index in [-0.39, 0.29) is 12.2 Å². The van der Waals surface area contributed by atoms with E-state index in [4.69, 9.17) is 20.8 Å². The second-order valence-electron chi connectivity index (χ2n) is 6.34. The van der Waals surface area contributed by atoms with Crippen LogP contribution in [-0.4, -0.2) is 17.1 Å². The maximum Gasteiger partial charge on any atom is 0.338 e. The van der Waals surface area contributed by atoms with Crippen LogP contribution in [0.4, 0.5) is 0 Å². The number of esters is 1. The molecule has 2 aromatic heterocycles. The van der Waals surface area contributed by atoms with E-state index in [1.807, 2.05) is 6.07 Å². The maximum atomic E-state index is 13.3. The van der Waals surface area contributed by atoms with Gasteiger partial charge in [-0.1, -0.05) is 41.1 Å². The third-order valence-electron chi connectivity index (χ3n) is 4.53. The summed E-state index contributed by atoms with van der Waals surface area (Å²) >= 11 is 7.69. The Balaban J connectivity index is 2.00. The first-order chi connectivity index (χ1) is 14.0. The number of aromatic nitrogens is 1. The van der Waals surface area contributed by atoms with Crippen LogP contribution in [0, 0.1) is 0 Å². The van der Waals surface area contributed by atoms with Crippen LogP contribution in [0.1, 0.15) is 31.2 Å². The van der Waals surface area contributed by atoms with Crippen molar-refractivity contribution in [2.45, 2.75) is 19.9 Å². The van der Waals surface area contributed by atoms with Crippen LogP contribution in [0.2, 0.25) is 5.02 Å². The highest BCUT2D eigenvalue weighted by Gasteiger charge is 2.34. The lowest BCUT2D eigenvalue weighted by molar-refractivity contribution is -0.139. The number of fused-ring (bicyclic) bond motifs is 1. The predicted molar refractivity (Wildman–Crippen MR) is 111 cm³/mol. The third kappa shape index (κ3) is 3.47. The standard InChI is InChI=1S/C21H17ClN2O4S/c1-3-27-20(26)17-12(2)23-21-24(18(17)14-8-4-5-9-15(14)22)19(25)16(29-21)11-13-7-6-10-28-13/h4-11,18H,3H2,1-2H3/b16-11+. The van der Waals surface area contributed by atoms with Crippen LogP contribution >= 0.6 is 22.9 Å². The Morgan fingerprint density at radius 1 is 1.34 bits per heavy atom. The van der Waals surface area contributed by atoms with Crippen molar-refractivity contribution in [1.82, 2.24) is 4.57 Å². The number of thiazole rings is 1. The van der Waals surface area contributed by atoms with E-state index >= 15 is 0 Å². The Morgan fingerprint density at radius 3 is 2.83 bits per heavy atom. The molecule has 8 heteroatoms. The van der Waals surface area contributed by atoms with Gasteiger partial charge in [-0.2, -0.15) is 0 Å². The van der Waals surface area contributed by atoms with Gasteiger partial charge in [0.05, 0.1) is 28.7 Å². The first-order valence-corrected chi connectivity index (χ1v) is 10.2. The van der Waals surface area contributed by atoms with Crippen LogP contribution < -0.4 is 14.9 Å². The van der Waals surface area contributed by atoms with E-state index in [0.29, 0.717) is 37.0 Å². The molecule has 3 heterocycles. The Morgan fingerprint density at radius 2 is 2.14 bits per heavy atom. The summed E-state index contributed by atoms with van der Waals surface area (Å²) in [6, 6.07) is 9.93. The number of hydrogen-bond acceptors (Lipinski definition) is 6. The molecule has 0 saturated carbocycles. The minimum Gasteiger partial charge on any atom is -0.465 e. The van der Waals surface area contributed by atoms with Crippen molar-refractivity contribution in [3.8, 4) is 0 Å². The molecule has 1 aromatic carbocycles. The Bertz CT molecular complexity index is 1280. The van der Waals surface area contributed by atoms with Crippen molar-refractivity contribution in [1.29, 1.82) is 0 Å². The summed E-state index contributed by atoms with van der Waals surface area (Å²) in [5.41, 5.74) is 1.16. The molecule has 6 nitrogen and oxygen atoms in total. The van der Waals surface area contributed by atoms with Crippen LogP contribution in [-0.2, 0) is 9.53 Å². The molecule has 0 amide bonds. The van der Waals surface area contributed by atoms with E-state index in [1.165, 1.54) is 15.9 Å². The monoisotopic (exact) mass is 428 g/mol. The Kier molecular flexibility index (Phi) is 5.25. The van der Waals surface area contributed by atoms with E-state index in [9.17, 15) is 9.59 Å². The molecule has 0 saturated heterocycles. The summed E-state index contributed by atoms with van der Waals surface area (Å²) in [5.74, 6) is 0.0462. The number of allylic oxidation sites excluding steroid dienone is 1. The molecule has 3 aromatic rings. The number of hydrogen-bond donors (Lipinski definition) is 0. The molecule has 1 aliphatic heterocycles. The average Bonchev–Trinajstić information content (AvgIpc) is 3.30. The van der Waals surface area contributed by atoms with Crippen molar-refractivity contribution in [2.24, 2.45) is 4.99 Å². The maximum absolute atomic E-state index is 13.3. The molecule has 1 atom stereocenters. The van der Waals surface area contributed by atoms with Gasteiger partial charge in [-0.3, -0.25) is 9.36 Å². The summed E-state index contributed by atoms with van der Waals surface area (Å²) in [6.45, 7) is 3.68. The van der Waals surface area contributed by atoms with Crippen molar-refractivity contribution in [3.05, 3.63) is 90.0 Å². The molecule has 0 bridgehead atoms.